The van der Waals surface area contributed by atoms with Gasteiger partial charge in [-0.3, -0.25) is 14.1 Å². The van der Waals surface area contributed by atoms with Crippen molar-refractivity contribution in [3.63, 3.8) is 0 Å². The Morgan fingerprint density at radius 1 is 1.41 bits per heavy atom. The number of fused-ring (bicyclic) bond motifs is 2. The number of carbonyl (C=O) groups is 1. The predicted octanol–water partition coefficient (Wildman–Crippen LogP) is 3.25. The van der Waals surface area contributed by atoms with Gasteiger partial charge in [0.2, 0.25) is 0 Å². The molecule has 1 aliphatic carbocycles. The van der Waals surface area contributed by atoms with Crippen molar-refractivity contribution in [2.24, 2.45) is 11.8 Å². The maximum Gasteiger partial charge on any atom is 0.345 e. The first kappa shape index (κ1) is 18.6. The first-order chi connectivity index (χ1) is 13.0. The number of ether oxygens (including phenoxy) is 1. The average molecular weight is 434 g/mol. The highest BCUT2D eigenvalue weighted by molar-refractivity contribution is 9.10. The van der Waals surface area contributed by atoms with Crippen LogP contribution >= 0.6 is 15.9 Å². The molecule has 1 saturated heterocycles. The van der Waals surface area contributed by atoms with E-state index in [0.29, 0.717) is 11.7 Å². The lowest BCUT2D eigenvalue weighted by molar-refractivity contribution is 0.0523. The zero-order valence-corrected chi connectivity index (χ0v) is 17.2. The molecular weight excluding hydrogens is 410 g/mol. The van der Waals surface area contributed by atoms with Gasteiger partial charge < -0.3 is 4.74 Å². The highest BCUT2D eigenvalue weighted by Gasteiger charge is 2.40. The van der Waals surface area contributed by atoms with Crippen molar-refractivity contribution in [3.05, 3.63) is 44.4 Å². The summed E-state index contributed by atoms with van der Waals surface area (Å²) < 4.78 is 7.22. The van der Waals surface area contributed by atoms with Crippen LogP contribution in [0.2, 0.25) is 0 Å². The number of esters is 1. The fraction of sp³-hybridized carbons (Fsp3) is 0.550. The van der Waals surface area contributed by atoms with Crippen LogP contribution in [0.4, 0.5) is 0 Å². The molecule has 3 unspecified atom stereocenters. The molecule has 1 saturated carbocycles. The molecule has 144 valence electrons. The Kier molecular flexibility index (Phi) is 5.07. The van der Waals surface area contributed by atoms with Gasteiger partial charge in [-0.15, -0.1) is 0 Å². The summed E-state index contributed by atoms with van der Waals surface area (Å²) in [6.07, 6.45) is 6.83. The van der Waals surface area contributed by atoms with E-state index in [1.54, 1.807) is 13.1 Å². The Morgan fingerprint density at radius 2 is 2.22 bits per heavy atom. The van der Waals surface area contributed by atoms with Crippen LogP contribution < -0.4 is 5.56 Å². The molecular formula is C20H24BrN3O3. The van der Waals surface area contributed by atoms with Crippen molar-refractivity contribution in [1.29, 1.82) is 0 Å². The molecule has 7 heteroatoms. The SMILES string of the molecule is CCOC(=O)c1cnc2c(CN3CCC4CC(C)CC43)cc(Br)cn2c1=O. The molecule has 3 heterocycles. The molecule has 2 fully saturated rings. The molecule has 2 aliphatic rings. The summed E-state index contributed by atoms with van der Waals surface area (Å²) >= 11 is 3.50. The molecule has 6 nitrogen and oxygen atoms in total. The Balaban J connectivity index is 1.70. The van der Waals surface area contributed by atoms with Crippen molar-refractivity contribution >= 4 is 27.5 Å². The summed E-state index contributed by atoms with van der Waals surface area (Å²) in [5.74, 6) is 0.952. The fourth-order valence-corrected chi connectivity index (χ4v) is 5.21. The number of hydrogen-bond acceptors (Lipinski definition) is 5. The second-order valence-corrected chi connectivity index (χ2v) is 8.65. The van der Waals surface area contributed by atoms with Gasteiger partial charge in [0.15, 0.2) is 0 Å². The summed E-state index contributed by atoms with van der Waals surface area (Å²) in [5, 5.41) is 0. The predicted molar refractivity (Wildman–Crippen MR) is 106 cm³/mol. The first-order valence-electron chi connectivity index (χ1n) is 9.59. The Hall–Kier alpha value is -1.73. The average Bonchev–Trinajstić information content (AvgIpc) is 3.16. The van der Waals surface area contributed by atoms with Crippen molar-refractivity contribution in [2.45, 2.75) is 45.7 Å². The summed E-state index contributed by atoms with van der Waals surface area (Å²) in [6, 6.07) is 2.65. The molecule has 4 rings (SSSR count). The number of carbonyl (C=O) groups excluding carboxylic acids is 1. The van der Waals surface area contributed by atoms with Gasteiger partial charge >= 0.3 is 5.97 Å². The second-order valence-electron chi connectivity index (χ2n) is 7.74. The van der Waals surface area contributed by atoms with E-state index < -0.39 is 11.5 Å². The minimum atomic E-state index is -0.631. The zero-order valence-electron chi connectivity index (χ0n) is 15.7. The molecule has 0 aromatic carbocycles. The van der Waals surface area contributed by atoms with Crippen molar-refractivity contribution < 1.29 is 9.53 Å². The topological polar surface area (TPSA) is 63.9 Å². The molecule has 2 aromatic heterocycles. The molecule has 0 N–H and O–H groups in total. The van der Waals surface area contributed by atoms with Crippen molar-refractivity contribution in [1.82, 2.24) is 14.3 Å². The summed E-state index contributed by atoms with van der Waals surface area (Å²) in [6.45, 7) is 6.13. The lowest BCUT2D eigenvalue weighted by Gasteiger charge is -2.24. The molecule has 3 atom stereocenters. The van der Waals surface area contributed by atoms with Gasteiger partial charge in [-0.05, 0) is 66.6 Å². The van der Waals surface area contributed by atoms with E-state index in [1.807, 2.05) is 6.07 Å². The van der Waals surface area contributed by atoms with E-state index in [9.17, 15) is 9.59 Å². The van der Waals surface area contributed by atoms with E-state index in [1.165, 1.54) is 29.9 Å². The van der Waals surface area contributed by atoms with Crippen LogP contribution in [0.3, 0.4) is 0 Å². The van der Waals surface area contributed by atoms with Gasteiger partial charge in [-0.2, -0.15) is 0 Å². The number of nitrogens with zero attached hydrogens (tertiary/aromatic N) is 3. The molecule has 27 heavy (non-hydrogen) atoms. The number of halogens is 1. The minimum absolute atomic E-state index is 0.0377. The van der Waals surface area contributed by atoms with E-state index in [4.69, 9.17) is 4.74 Å². The van der Waals surface area contributed by atoms with Crippen LogP contribution in [0.1, 0.15) is 49.0 Å². The van der Waals surface area contributed by atoms with Gasteiger partial charge in [-0.25, -0.2) is 9.78 Å². The van der Waals surface area contributed by atoms with Gasteiger partial charge in [0.25, 0.3) is 5.56 Å². The molecule has 1 aliphatic heterocycles. The lowest BCUT2D eigenvalue weighted by atomic mass is 10.0. The molecule has 0 radical (unpaired) electrons. The normalized spacial score (nSPS) is 25.1. The zero-order chi connectivity index (χ0) is 19.1. The van der Waals surface area contributed by atoms with Gasteiger partial charge in [-0.1, -0.05) is 6.92 Å². The number of rotatable bonds is 4. The highest BCUT2D eigenvalue weighted by atomic mass is 79.9. The molecule has 0 spiro atoms. The molecule has 2 aromatic rings. The maximum atomic E-state index is 12.8. The van der Waals surface area contributed by atoms with E-state index in [-0.39, 0.29) is 12.2 Å². The third kappa shape index (κ3) is 3.43. The van der Waals surface area contributed by atoms with Crippen molar-refractivity contribution in [3.8, 4) is 0 Å². The van der Waals surface area contributed by atoms with E-state index >= 15 is 0 Å². The van der Waals surface area contributed by atoms with Crippen LogP contribution in [0.5, 0.6) is 0 Å². The van der Waals surface area contributed by atoms with Crippen LogP contribution in [-0.2, 0) is 11.3 Å². The van der Waals surface area contributed by atoms with Crippen LogP contribution in [0.15, 0.2) is 27.7 Å². The Labute approximate surface area is 166 Å². The number of pyridine rings is 1. The quantitative estimate of drug-likeness (QED) is 0.692. The molecule has 0 amide bonds. The smallest absolute Gasteiger partial charge is 0.345 e. The van der Waals surface area contributed by atoms with Crippen molar-refractivity contribution in [2.75, 3.05) is 13.2 Å². The van der Waals surface area contributed by atoms with Crippen LogP contribution in [0, 0.1) is 11.8 Å². The summed E-state index contributed by atoms with van der Waals surface area (Å²) in [4.78, 5) is 31.8. The first-order valence-corrected chi connectivity index (χ1v) is 10.4. The van der Waals surface area contributed by atoms with Gasteiger partial charge in [0, 0.05) is 35.0 Å². The second kappa shape index (κ2) is 7.36. The Bertz CT molecular complexity index is 942. The third-order valence-electron chi connectivity index (χ3n) is 5.86. The van der Waals surface area contributed by atoms with E-state index in [2.05, 4.69) is 32.7 Å². The Morgan fingerprint density at radius 3 is 3.00 bits per heavy atom. The van der Waals surface area contributed by atoms with Crippen LogP contribution in [0.25, 0.3) is 5.65 Å². The summed E-state index contributed by atoms with van der Waals surface area (Å²) in [7, 11) is 0. The standard InChI is InChI=1S/C20H24BrN3O3/c1-3-27-20(26)16-9-22-18-14(8-15(21)11-24(18)19(16)25)10-23-5-4-13-6-12(2)7-17(13)23/h8-9,11-13,17H,3-7,10H2,1-2H3. The number of likely N-dealkylation sites (tertiary alicyclic amines) is 1. The lowest BCUT2D eigenvalue weighted by Crippen LogP contribution is -2.31. The van der Waals surface area contributed by atoms with Crippen LogP contribution in [-0.4, -0.2) is 39.4 Å². The van der Waals surface area contributed by atoms with Gasteiger partial charge in [0.05, 0.1) is 6.61 Å². The highest BCUT2D eigenvalue weighted by Crippen LogP contribution is 2.41. The minimum Gasteiger partial charge on any atom is -0.462 e. The summed E-state index contributed by atoms with van der Waals surface area (Å²) in [5.41, 5.74) is 1.17. The monoisotopic (exact) mass is 433 g/mol. The number of hydrogen-bond donors (Lipinski definition) is 0. The molecule has 0 bridgehead atoms. The number of aromatic nitrogens is 2. The fourth-order valence-electron chi connectivity index (χ4n) is 4.73. The third-order valence-corrected chi connectivity index (χ3v) is 6.30. The van der Waals surface area contributed by atoms with Gasteiger partial charge in [0.1, 0.15) is 11.2 Å². The maximum absolute atomic E-state index is 12.8. The largest absolute Gasteiger partial charge is 0.462 e. The van der Waals surface area contributed by atoms with E-state index in [0.717, 1.165) is 35.0 Å².